The molecule has 2 heteroatoms. The van der Waals surface area contributed by atoms with Crippen LogP contribution in [0.25, 0.3) is 0 Å². The molecule has 0 rings (SSSR count). The van der Waals surface area contributed by atoms with Gasteiger partial charge in [-0.1, -0.05) is 32.7 Å². The van der Waals surface area contributed by atoms with Crippen LogP contribution in [0, 0.1) is 0 Å². The van der Waals surface area contributed by atoms with E-state index in [1.807, 2.05) is 0 Å². The summed E-state index contributed by atoms with van der Waals surface area (Å²) in [6.07, 6.45) is 3.77. The average molecular weight is 147 g/mol. The summed E-state index contributed by atoms with van der Waals surface area (Å²) in [7, 11) is 1.39. The highest BCUT2D eigenvalue weighted by Crippen LogP contribution is 1.77. The summed E-state index contributed by atoms with van der Waals surface area (Å²) in [5.41, 5.74) is 5.14. The summed E-state index contributed by atoms with van der Waals surface area (Å²) >= 11 is 0. The molecule has 0 unspecified atom stereocenters. The van der Waals surface area contributed by atoms with E-state index in [0.717, 1.165) is 6.54 Å². The molecule has 0 amide bonds. The van der Waals surface area contributed by atoms with Crippen molar-refractivity contribution in [2.75, 3.05) is 6.54 Å². The van der Waals surface area contributed by atoms with Gasteiger partial charge in [0, 0.05) is 10.2 Å². The minimum absolute atomic E-state index is 0.844. The highest BCUT2D eigenvalue weighted by molar-refractivity contribution is 6.08. The Kier molecular flexibility index (Phi) is 20.8. The van der Waals surface area contributed by atoms with Crippen LogP contribution in [0.1, 0.15) is 33.1 Å². The SMILES string of the molecule is CCCCN.CCC[SiH3]. The van der Waals surface area contributed by atoms with Crippen molar-refractivity contribution in [1.29, 1.82) is 0 Å². The molecule has 0 saturated heterocycles. The molecule has 0 aliphatic heterocycles. The third-order valence-corrected chi connectivity index (χ3v) is 2.06. The van der Waals surface area contributed by atoms with Gasteiger partial charge in [0.15, 0.2) is 0 Å². The normalized spacial score (nSPS) is 8.33. The Hall–Kier alpha value is 0.177. The summed E-state index contributed by atoms with van der Waals surface area (Å²) in [5, 5.41) is 0. The molecule has 58 valence electrons. The smallest absolute Gasteiger partial charge is 0.00278 e. The van der Waals surface area contributed by atoms with Crippen molar-refractivity contribution < 1.29 is 0 Å². The van der Waals surface area contributed by atoms with E-state index in [9.17, 15) is 0 Å². The maximum atomic E-state index is 5.14. The predicted molar refractivity (Wildman–Crippen MR) is 49.0 cm³/mol. The molecule has 0 radical (unpaired) electrons. The molecule has 0 heterocycles. The Bertz CT molecular complexity index is 28.1. The van der Waals surface area contributed by atoms with Gasteiger partial charge in [-0.3, -0.25) is 0 Å². The summed E-state index contributed by atoms with van der Waals surface area (Å²) in [6.45, 7) is 5.19. The van der Waals surface area contributed by atoms with Crippen molar-refractivity contribution in [3.63, 3.8) is 0 Å². The number of unbranched alkanes of at least 4 members (excludes halogenated alkanes) is 1. The minimum atomic E-state index is 0.844. The lowest BCUT2D eigenvalue weighted by Crippen LogP contribution is -1.95. The summed E-state index contributed by atoms with van der Waals surface area (Å²) < 4.78 is 0. The molecule has 0 spiro atoms. The zero-order valence-electron chi connectivity index (χ0n) is 7.11. The first-order valence-electron chi connectivity index (χ1n) is 4.03. The van der Waals surface area contributed by atoms with Crippen LogP contribution in [0.2, 0.25) is 6.04 Å². The van der Waals surface area contributed by atoms with Gasteiger partial charge in [0.25, 0.3) is 0 Å². The number of nitrogens with two attached hydrogens (primary N) is 1. The van der Waals surface area contributed by atoms with E-state index in [2.05, 4.69) is 13.8 Å². The van der Waals surface area contributed by atoms with Gasteiger partial charge in [-0.25, -0.2) is 0 Å². The van der Waals surface area contributed by atoms with Gasteiger partial charge in [0.2, 0.25) is 0 Å². The summed E-state index contributed by atoms with van der Waals surface area (Å²) in [4.78, 5) is 0. The quantitative estimate of drug-likeness (QED) is 0.590. The molecular weight excluding hydrogens is 126 g/mol. The van der Waals surface area contributed by atoms with Crippen LogP contribution < -0.4 is 5.73 Å². The molecule has 0 aliphatic rings. The largest absolute Gasteiger partial charge is 0.330 e. The van der Waals surface area contributed by atoms with Crippen molar-refractivity contribution in [1.82, 2.24) is 0 Å². The van der Waals surface area contributed by atoms with E-state index in [4.69, 9.17) is 5.73 Å². The van der Waals surface area contributed by atoms with Crippen LogP contribution in [0.5, 0.6) is 0 Å². The van der Waals surface area contributed by atoms with E-state index in [1.165, 1.54) is 35.5 Å². The molecule has 0 aromatic carbocycles. The fourth-order valence-electron chi connectivity index (χ4n) is 0.204. The Balaban J connectivity index is 0. The van der Waals surface area contributed by atoms with Gasteiger partial charge in [-0.2, -0.15) is 0 Å². The van der Waals surface area contributed by atoms with Gasteiger partial charge >= 0.3 is 0 Å². The Labute approximate surface area is 62.4 Å². The van der Waals surface area contributed by atoms with Crippen LogP contribution in [0.3, 0.4) is 0 Å². The van der Waals surface area contributed by atoms with E-state index in [-0.39, 0.29) is 0 Å². The molecule has 0 atom stereocenters. The maximum absolute atomic E-state index is 5.14. The molecular formula is C7H21NSi. The molecule has 0 aromatic rings. The highest BCUT2D eigenvalue weighted by atomic mass is 28.1. The van der Waals surface area contributed by atoms with Gasteiger partial charge in [-0.15, -0.1) is 0 Å². The van der Waals surface area contributed by atoms with Crippen LogP contribution >= 0.6 is 0 Å². The van der Waals surface area contributed by atoms with E-state index >= 15 is 0 Å². The van der Waals surface area contributed by atoms with Crippen LogP contribution in [0.4, 0.5) is 0 Å². The lowest BCUT2D eigenvalue weighted by Gasteiger charge is -1.80. The number of rotatable bonds is 3. The third-order valence-electron chi connectivity index (χ3n) is 1.06. The van der Waals surface area contributed by atoms with Crippen molar-refractivity contribution in [2.24, 2.45) is 5.73 Å². The molecule has 0 bridgehead atoms. The second-order valence-corrected chi connectivity index (χ2v) is 3.14. The van der Waals surface area contributed by atoms with Crippen LogP contribution in [-0.4, -0.2) is 16.8 Å². The summed E-state index contributed by atoms with van der Waals surface area (Å²) in [5.74, 6) is 0. The minimum Gasteiger partial charge on any atom is -0.330 e. The third kappa shape index (κ3) is 30.9. The Morgan fingerprint density at radius 1 is 1.22 bits per heavy atom. The Morgan fingerprint density at radius 3 is 1.67 bits per heavy atom. The standard InChI is InChI=1S/C4H11N.C3H10Si/c1-2-3-4-5;1-2-3-4/h2-5H2,1H3;2-3H2,1,4H3. The monoisotopic (exact) mass is 147 g/mol. The lowest BCUT2D eigenvalue weighted by molar-refractivity contribution is 0.807. The van der Waals surface area contributed by atoms with Crippen molar-refractivity contribution in [2.45, 2.75) is 39.2 Å². The fourth-order valence-corrected chi connectivity index (χ4v) is 0.204. The highest BCUT2D eigenvalue weighted by Gasteiger charge is 1.67. The number of hydrogen-bond donors (Lipinski definition) is 1. The first-order valence-corrected chi connectivity index (χ1v) is 5.44. The first-order chi connectivity index (χ1) is 4.33. The molecule has 9 heavy (non-hydrogen) atoms. The zero-order valence-corrected chi connectivity index (χ0v) is 9.11. The molecule has 1 nitrogen and oxygen atoms in total. The van der Waals surface area contributed by atoms with Crippen molar-refractivity contribution >= 4 is 10.2 Å². The molecule has 0 aromatic heterocycles. The molecule has 2 N–H and O–H groups in total. The first kappa shape index (κ1) is 11.9. The van der Waals surface area contributed by atoms with Crippen molar-refractivity contribution in [3.05, 3.63) is 0 Å². The van der Waals surface area contributed by atoms with Crippen LogP contribution in [0.15, 0.2) is 0 Å². The fraction of sp³-hybridized carbons (Fsp3) is 1.00. The van der Waals surface area contributed by atoms with Crippen molar-refractivity contribution in [3.8, 4) is 0 Å². The summed E-state index contributed by atoms with van der Waals surface area (Å²) in [6, 6.07) is 1.46. The lowest BCUT2D eigenvalue weighted by atomic mass is 10.3. The topological polar surface area (TPSA) is 26.0 Å². The van der Waals surface area contributed by atoms with E-state index in [0.29, 0.717) is 0 Å². The average Bonchev–Trinajstić information content (AvgIpc) is 1.91. The second kappa shape index (κ2) is 15.7. The molecule has 0 saturated carbocycles. The van der Waals surface area contributed by atoms with Gasteiger partial charge in [0.1, 0.15) is 0 Å². The van der Waals surface area contributed by atoms with E-state index in [1.54, 1.807) is 0 Å². The zero-order chi connectivity index (χ0) is 7.54. The number of hydrogen-bond acceptors (Lipinski definition) is 1. The van der Waals surface area contributed by atoms with E-state index < -0.39 is 0 Å². The predicted octanol–water partition coefficient (Wildman–Crippen LogP) is 0.925. The second-order valence-electron chi connectivity index (χ2n) is 2.14. The maximum Gasteiger partial charge on any atom is 0.00278 e. The van der Waals surface area contributed by atoms with Gasteiger partial charge in [-0.05, 0) is 13.0 Å². The Morgan fingerprint density at radius 2 is 1.67 bits per heavy atom. The molecule has 0 aliphatic carbocycles. The van der Waals surface area contributed by atoms with Crippen LogP contribution in [-0.2, 0) is 0 Å². The van der Waals surface area contributed by atoms with Gasteiger partial charge in [0.05, 0.1) is 0 Å². The molecule has 0 fully saturated rings. The van der Waals surface area contributed by atoms with Gasteiger partial charge < -0.3 is 5.73 Å².